The van der Waals surface area contributed by atoms with Gasteiger partial charge in [-0.3, -0.25) is 0 Å². The zero-order valence-electron chi connectivity index (χ0n) is 9.29. The zero-order chi connectivity index (χ0) is 13.5. The van der Waals surface area contributed by atoms with E-state index >= 15 is 0 Å². The summed E-state index contributed by atoms with van der Waals surface area (Å²) in [6, 6.07) is 4.51. The monoisotopic (exact) mass is 335 g/mol. The average Bonchev–Trinajstić information content (AvgIpc) is 2.27. The van der Waals surface area contributed by atoms with Gasteiger partial charge in [0.1, 0.15) is 11.3 Å². The molecule has 6 heteroatoms. The molecule has 0 spiro atoms. The van der Waals surface area contributed by atoms with E-state index in [2.05, 4.69) is 20.9 Å². The minimum atomic E-state index is -3.23. The Bertz CT molecular complexity index is 600. The largest absolute Gasteiger partial charge is 0.382 e. The van der Waals surface area contributed by atoms with Crippen LogP contribution >= 0.6 is 27.5 Å². The lowest BCUT2D eigenvalue weighted by Crippen LogP contribution is -2.22. The Morgan fingerprint density at radius 3 is 2.67 bits per heavy atom. The fraction of sp³-hybridized carbons (Fsp3) is 0.250. The summed E-state index contributed by atoms with van der Waals surface area (Å²) in [6.07, 6.45) is -0.405. The van der Waals surface area contributed by atoms with Crippen molar-refractivity contribution in [3.05, 3.63) is 39.6 Å². The van der Waals surface area contributed by atoms with Gasteiger partial charge < -0.3 is 5.11 Å². The van der Waals surface area contributed by atoms with Crippen LogP contribution in [0.15, 0.2) is 28.9 Å². The van der Waals surface area contributed by atoms with Gasteiger partial charge in [-0.05, 0) is 23.1 Å². The summed E-state index contributed by atoms with van der Waals surface area (Å²) in [5.74, 6) is -3.23. The van der Waals surface area contributed by atoms with E-state index < -0.39 is 12.0 Å². The maximum atomic E-state index is 13.2. The number of pyridine rings is 1. The molecule has 0 aliphatic rings. The number of nitrogens with zero attached hydrogens (tertiary/aromatic N) is 1. The van der Waals surface area contributed by atoms with Gasteiger partial charge in [0, 0.05) is 23.0 Å². The number of fused-ring (bicyclic) bond motifs is 1. The molecule has 0 radical (unpaired) electrons. The molecule has 0 aliphatic carbocycles. The summed E-state index contributed by atoms with van der Waals surface area (Å²) in [5, 5.41) is 11.0. The van der Waals surface area contributed by atoms with Gasteiger partial charge >= 0.3 is 0 Å². The van der Waals surface area contributed by atoms with Gasteiger partial charge in [0.15, 0.2) is 0 Å². The van der Waals surface area contributed by atoms with Crippen LogP contribution in [0.3, 0.4) is 0 Å². The highest BCUT2D eigenvalue weighted by molar-refractivity contribution is 9.10. The van der Waals surface area contributed by atoms with Gasteiger partial charge in [-0.25, -0.2) is 13.8 Å². The maximum Gasteiger partial charge on any atom is 0.274 e. The molecule has 2 aromatic rings. The number of benzene rings is 1. The lowest BCUT2D eigenvalue weighted by molar-refractivity contribution is -0.0947. The van der Waals surface area contributed by atoms with Gasteiger partial charge in [0.25, 0.3) is 5.92 Å². The topological polar surface area (TPSA) is 33.1 Å². The van der Waals surface area contributed by atoms with E-state index in [0.29, 0.717) is 22.2 Å². The zero-order valence-corrected chi connectivity index (χ0v) is 11.6. The second-order valence-electron chi connectivity index (χ2n) is 4.05. The quantitative estimate of drug-likeness (QED) is 0.828. The van der Waals surface area contributed by atoms with Crippen molar-refractivity contribution in [2.45, 2.75) is 19.0 Å². The molecule has 2 rings (SSSR count). The molecule has 2 nitrogen and oxygen atoms in total. The molecule has 1 unspecified atom stereocenters. The van der Waals surface area contributed by atoms with Crippen LogP contribution in [0.4, 0.5) is 8.78 Å². The van der Waals surface area contributed by atoms with Crippen molar-refractivity contribution in [3.63, 3.8) is 0 Å². The Labute approximate surface area is 116 Å². The van der Waals surface area contributed by atoms with Gasteiger partial charge in [0.2, 0.25) is 0 Å². The van der Waals surface area contributed by atoms with Crippen LogP contribution < -0.4 is 0 Å². The number of aromatic nitrogens is 1. The summed E-state index contributed by atoms with van der Waals surface area (Å²) >= 11 is 9.07. The first kappa shape index (κ1) is 13.6. The fourth-order valence-electron chi connectivity index (χ4n) is 1.71. The molecule has 1 heterocycles. The Kier molecular flexibility index (Phi) is 3.58. The lowest BCUT2D eigenvalue weighted by Gasteiger charge is -2.20. The molecule has 1 aromatic heterocycles. The minimum Gasteiger partial charge on any atom is -0.382 e. The van der Waals surface area contributed by atoms with E-state index in [1.54, 1.807) is 6.07 Å². The third-order valence-corrected chi connectivity index (χ3v) is 3.52. The Morgan fingerprint density at radius 2 is 2.06 bits per heavy atom. The molecule has 1 N–H and O–H groups in total. The van der Waals surface area contributed by atoms with Crippen molar-refractivity contribution in [1.29, 1.82) is 0 Å². The number of aliphatic hydroxyl groups is 1. The summed E-state index contributed by atoms with van der Waals surface area (Å²) in [4.78, 5) is 3.90. The van der Waals surface area contributed by atoms with E-state index in [1.807, 2.05) is 0 Å². The first-order valence-corrected chi connectivity index (χ1v) is 6.27. The van der Waals surface area contributed by atoms with Crippen molar-refractivity contribution in [2.24, 2.45) is 0 Å². The Morgan fingerprint density at radius 1 is 1.39 bits per heavy atom. The summed E-state index contributed by atoms with van der Waals surface area (Å²) in [5.41, 5.74) is 0.130. The van der Waals surface area contributed by atoms with E-state index in [4.69, 9.17) is 11.6 Å². The van der Waals surface area contributed by atoms with Gasteiger partial charge in [-0.15, -0.1) is 0 Å². The van der Waals surface area contributed by atoms with Crippen molar-refractivity contribution < 1.29 is 13.9 Å². The predicted molar refractivity (Wildman–Crippen MR) is 70.0 cm³/mol. The van der Waals surface area contributed by atoms with Crippen molar-refractivity contribution in [1.82, 2.24) is 4.98 Å². The lowest BCUT2D eigenvalue weighted by atomic mass is 9.98. The predicted octanol–water partition coefficient (Wildman–Crippen LogP) is 4.34. The first-order valence-electron chi connectivity index (χ1n) is 5.10. The van der Waals surface area contributed by atoms with Crippen LogP contribution in [0.25, 0.3) is 10.8 Å². The Balaban J connectivity index is 2.72. The van der Waals surface area contributed by atoms with E-state index in [-0.39, 0.29) is 10.7 Å². The minimum absolute atomic E-state index is 0.130. The van der Waals surface area contributed by atoms with Crippen molar-refractivity contribution in [2.75, 3.05) is 0 Å². The highest BCUT2D eigenvalue weighted by atomic mass is 79.9. The Hall–Kier alpha value is -0.780. The molecule has 0 saturated carbocycles. The van der Waals surface area contributed by atoms with Gasteiger partial charge in [-0.2, -0.15) is 0 Å². The second-order valence-corrected chi connectivity index (χ2v) is 5.29. The van der Waals surface area contributed by atoms with Crippen LogP contribution in [0.1, 0.15) is 18.6 Å². The number of rotatable bonds is 2. The highest BCUT2D eigenvalue weighted by Gasteiger charge is 2.34. The van der Waals surface area contributed by atoms with E-state index in [9.17, 15) is 13.9 Å². The normalized spacial score (nSPS) is 13.9. The van der Waals surface area contributed by atoms with Crippen LogP contribution in [0.2, 0.25) is 5.15 Å². The number of aliphatic hydroxyl groups excluding tert-OH is 1. The number of halogens is 4. The number of hydrogen-bond donors (Lipinski definition) is 1. The molecule has 1 atom stereocenters. The SMILES string of the molecule is CC(F)(F)C(O)c1ccc(Br)c2cnc(Cl)cc12. The molecule has 1 aromatic carbocycles. The summed E-state index contributed by atoms with van der Waals surface area (Å²) in [7, 11) is 0. The molecule has 0 saturated heterocycles. The van der Waals surface area contributed by atoms with Crippen molar-refractivity contribution in [3.8, 4) is 0 Å². The van der Waals surface area contributed by atoms with Crippen LogP contribution in [0.5, 0.6) is 0 Å². The molecule has 0 bridgehead atoms. The van der Waals surface area contributed by atoms with Gasteiger partial charge in [0.05, 0.1) is 0 Å². The number of hydrogen-bond acceptors (Lipinski definition) is 2. The molecule has 96 valence electrons. The van der Waals surface area contributed by atoms with Crippen LogP contribution in [-0.2, 0) is 0 Å². The molecule has 18 heavy (non-hydrogen) atoms. The summed E-state index contributed by atoms with van der Waals surface area (Å²) in [6.45, 7) is 0.675. The molecular weight excluding hydrogens is 327 g/mol. The molecular formula is C12H9BrClF2NO. The van der Waals surface area contributed by atoms with Crippen LogP contribution in [-0.4, -0.2) is 16.0 Å². The maximum absolute atomic E-state index is 13.2. The van der Waals surface area contributed by atoms with Gasteiger partial charge in [-0.1, -0.05) is 33.6 Å². The van der Waals surface area contributed by atoms with Crippen LogP contribution in [0, 0.1) is 0 Å². The standard InChI is InChI=1S/C12H9BrClF2NO/c1-12(15,16)11(18)6-2-3-9(13)8-5-17-10(14)4-7(6)8/h2-5,11,18H,1H3. The molecule has 0 fully saturated rings. The fourth-order valence-corrected chi connectivity index (χ4v) is 2.32. The second kappa shape index (κ2) is 4.72. The third kappa shape index (κ3) is 2.48. The third-order valence-electron chi connectivity index (χ3n) is 2.62. The summed E-state index contributed by atoms with van der Waals surface area (Å²) < 4.78 is 27.1. The molecule has 0 amide bonds. The van der Waals surface area contributed by atoms with E-state index in [0.717, 1.165) is 0 Å². The molecule has 0 aliphatic heterocycles. The van der Waals surface area contributed by atoms with Crippen molar-refractivity contribution >= 4 is 38.3 Å². The highest BCUT2D eigenvalue weighted by Crippen LogP contribution is 2.37. The number of alkyl halides is 2. The smallest absolute Gasteiger partial charge is 0.274 e. The first-order chi connectivity index (χ1) is 8.30. The van der Waals surface area contributed by atoms with E-state index in [1.165, 1.54) is 18.3 Å². The average molecular weight is 337 g/mol.